The number of ether oxygens (including phenoxy) is 1. The van der Waals surface area contributed by atoms with E-state index in [1.807, 2.05) is 6.92 Å². The number of epoxide rings is 1. The molecule has 2 atom stereocenters. The van der Waals surface area contributed by atoms with E-state index in [1.54, 1.807) is 0 Å². The fourth-order valence-electron chi connectivity index (χ4n) is 0.617. The van der Waals surface area contributed by atoms with E-state index in [1.165, 1.54) is 0 Å². The maximum atomic E-state index is 8.06. The monoisotopic (exact) mass is 150 g/mol. The van der Waals surface area contributed by atoms with Crippen molar-refractivity contribution in [3.8, 4) is 0 Å². The number of rotatable bonds is 3. The van der Waals surface area contributed by atoms with Crippen molar-refractivity contribution >= 4 is 0 Å². The van der Waals surface area contributed by atoms with Crippen LogP contribution in [0.5, 0.6) is 0 Å². The highest BCUT2D eigenvalue weighted by atomic mass is 17.1. The van der Waals surface area contributed by atoms with Crippen molar-refractivity contribution in [2.75, 3.05) is 6.61 Å². The first-order valence-electron chi connectivity index (χ1n) is 2.74. The third kappa shape index (κ3) is 4.73. The Morgan fingerprint density at radius 1 is 1.70 bits per heavy atom. The minimum atomic E-state index is -0.0810. The van der Waals surface area contributed by atoms with E-state index in [9.17, 15) is 0 Å². The highest BCUT2D eigenvalue weighted by Gasteiger charge is 2.24. The fourth-order valence-corrected chi connectivity index (χ4v) is 0.617. The molecular formula is C7H18O3. The second kappa shape index (κ2) is 5.65. The van der Waals surface area contributed by atoms with Crippen LogP contribution in [0.25, 0.3) is 0 Å². The van der Waals surface area contributed by atoms with Gasteiger partial charge in [0.05, 0.1) is 18.8 Å². The standard InChI is InChI=1S/C5H10O3.2CH4/c1-4(8-6)2-5-3-7-5;;/h4-6H,2-3H2,1H3;2*1H4. The van der Waals surface area contributed by atoms with Gasteiger partial charge >= 0.3 is 0 Å². The van der Waals surface area contributed by atoms with E-state index in [2.05, 4.69) is 4.89 Å². The van der Waals surface area contributed by atoms with E-state index in [0.29, 0.717) is 6.10 Å². The molecule has 10 heavy (non-hydrogen) atoms. The highest BCUT2D eigenvalue weighted by Crippen LogP contribution is 2.16. The lowest BCUT2D eigenvalue weighted by molar-refractivity contribution is -0.275. The summed E-state index contributed by atoms with van der Waals surface area (Å²) in [5.41, 5.74) is 0. The number of hydrogen-bond acceptors (Lipinski definition) is 3. The van der Waals surface area contributed by atoms with Crippen molar-refractivity contribution < 1.29 is 14.9 Å². The van der Waals surface area contributed by atoms with Gasteiger partial charge in [0.15, 0.2) is 0 Å². The molecular weight excluding hydrogens is 132 g/mol. The second-order valence-electron chi connectivity index (χ2n) is 2.11. The Hall–Kier alpha value is -0.120. The summed E-state index contributed by atoms with van der Waals surface area (Å²) in [6.07, 6.45) is 1.07. The van der Waals surface area contributed by atoms with Gasteiger partial charge in [-0.3, -0.25) is 5.26 Å². The van der Waals surface area contributed by atoms with Gasteiger partial charge in [-0.2, -0.15) is 0 Å². The predicted molar refractivity (Wildman–Crippen MR) is 41.0 cm³/mol. The zero-order chi connectivity index (χ0) is 5.98. The van der Waals surface area contributed by atoms with Crippen molar-refractivity contribution in [3.05, 3.63) is 0 Å². The van der Waals surface area contributed by atoms with Gasteiger partial charge in [0.1, 0.15) is 0 Å². The molecule has 0 bridgehead atoms. The summed E-state index contributed by atoms with van der Waals surface area (Å²) in [4.78, 5) is 4.02. The Kier molecular flexibility index (Phi) is 7.09. The van der Waals surface area contributed by atoms with Crippen LogP contribution in [0.3, 0.4) is 0 Å². The zero-order valence-electron chi connectivity index (χ0n) is 4.83. The summed E-state index contributed by atoms with van der Waals surface area (Å²) in [6, 6.07) is 0. The Bertz CT molecular complexity index is 71.3. The van der Waals surface area contributed by atoms with Gasteiger partial charge in [-0.05, 0) is 6.92 Å². The predicted octanol–water partition coefficient (Wildman–Crippen LogP) is 1.93. The molecule has 3 nitrogen and oxygen atoms in total. The molecule has 1 rings (SSSR count). The van der Waals surface area contributed by atoms with Gasteiger partial charge < -0.3 is 4.74 Å². The molecule has 0 spiro atoms. The first-order chi connectivity index (χ1) is 3.83. The molecule has 3 heteroatoms. The van der Waals surface area contributed by atoms with Gasteiger partial charge in [0, 0.05) is 6.42 Å². The zero-order valence-corrected chi connectivity index (χ0v) is 4.83. The van der Waals surface area contributed by atoms with Gasteiger partial charge in [0.2, 0.25) is 0 Å². The molecule has 64 valence electrons. The maximum absolute atomic E-state index is 8.06. The first-order valence-corrected chi connectivity index (χ1v) is 2.74. The highest BCUT2D eigenvalue weighted by molar-refractivity contribution is 4.71. The Balaban J connectivity index is 0. The molecule has 2 unspecified atom stereocenters. The van der Waals surface area contributed by atoms with E-state index < -0.39 is 0 Å². The Labute approximate surface area is 62.9 Å². The van der Waals surface area contributed by atoms with Crippen LogP contribution >= 0.6 is 0 Å². The van der Waals surface area contributed by atoms with E-state index in [0.717, 1.165) is 13.0 Å². The lowest BCUT2D eigenvalue weighted by Gasteiger charge is -2.01. The molecule has 0 aliphatic carbocycles. The molecule has 0 aromatic carbocycles. The third-order valence-corrected chi connectivity index (χ3v) is 1.18. The molecule has 0 radical (unpaired) electrons. The summed E-state index contributed by atoms with van der Waals surface area (Å²) < 4.78 is 4.89. The summed E-state index contributed by atoms with van der Waals surface area (Å²) in [5, 5.41) is 8.06. The van der Waals surface area contributed by atoms with Crippen LogP contribution in [0.15, 0.2) is 0 Å². The summed E-state index contributed by atoms with van der Waals surface area (Å²) in [5.74, 6) is 0. The topological polar surface area (TPSA) is 42.0 Å². The van der Waals surface area contributed by atoms with E-state index in [-0.39, 0.29) is 21.0 Å². The third-order valence-electron chi connectivity index (χ3n) is 1.18. The van der Waals surface area contributed by atoms with Crippen LogP contribution in [-0.2, 0) is 9.62 Å². The second-order valence-corrected chi connectivity index (χ2v) is 2.11. The van der Waals surface area contributed by atoms with Crippen molar-refractivity contribution in [1.29, 1.82) is 0 Å². The summed E-state index contributed by atoms with van der Waals surface area (Å²) in [6.45, 7) is 2.63. The molecule has 1 aliphatic heterocycles. The van der Waals surface area contributed by atoms with Crippen LogP contribution in [0, 0.1) is 0 Å². The molecule has 0 aromatic rings. The fraction of sp³-hybridized carbons (Fsp3) is 1.00. The molecule has 0 amide bonds. The average molecular weight is 150 g/mol. The van der Waals surface area contributed by atoms with Gasteiger partial charge in [-0.15, -0.1) is 0 Å². The summed E-state index contributed by atoms with van der Waals surface area (Å²) in [7, 11) is 0. The number of hydrogen-bond donors (Lipinski definition) is 1. The van der Waals surface area contributed by atoms with Crippen LogP contribution in [0.4, 0.5) is 0 Å². The van der Waals surface area contributed by atoms with Crippen molar-refractivity contribution in [2.24, 2.45) is 0 Å². The largest absolute Gasteiger partial charge is 0.373 e. The lowest BCUT2D eigenvalue weighted by atomic mass is 10.2. The van der Waals surface area contributed by atoms with Crippen molar-refractivity contribution in [2.45, 2.75) is 40.4 Å². The smallest absolute Gasteiger partial charge is 0.0924 e. The van der Waals surface area contributed by atoms with E-state index >= 15 is 0 Å². The maximum Gasteiger partial charge on any atom is 0.0924 e. The molecule has 1 saturated heterocycles. The molecule has 1 N–H and O–H groups in total. The summed E-state index contributed by atoms with van der Waals surface area (Å²) >= 11 is 0. The minimum absolute atomic E-state index is 0. The SMILES string of the molecule is C.C.CC(CC1CO1)OO. The molecule has 1 fully saturated rings. The molecule has 0 aromatic heterocycles. The van der Waals surface area contributed by atoms with Crippen LogP contribution in [0.2, 0.25) is 0 Å². The van der Waals surface area contributed by atoms with Gasteiger partial charge in [0.25, 0.3) is 0 Å². The molecule has 1 aliphatic rings. The Morgan fingerprint density at radius 3 is 2.50 bits per heavy atom. The lowest BCUT2D eigenvalue weighted by Crippen LogP contribution is -2.07. The first kappa shape index (κ1) is 12.5. The quantitative estimate of drug-likeness (QED) is 0.379. The van der Waals surface area contributed by atoms with E-state index in [4.69, 9.17) is 9.99 Å². The van der Waals surface area contributed by atoms with Crippen LogP contribution < -0.4 is 0 Å². The van der Waals surface area contributed by atoms with Gasteiger partial charge in [-0.1, -0.05) is 14.9 Å². The average Bonchev–Trinajstić information content (AvgIpc) is 2.50. The normalized spacial score (nSPS) is 24.0. The van der Waals surface area contributed by atoms with Gasteiger partial charge in [-0.25, -0.2) is 4.89 Å². The van der Waals surface area contributed by atoms with Crippen LogP contribution in [0.1, 0.15) is 28.2 Å². The van der Waals surface area contributed by atoms with Crippen molar-refractivity contribution in [1.82, 2.24) is 0 Å². The molecule has 1 heterocycles. The van der Waals surface area contributed by atoms with Crippen molar-refractivity contribution in [3.63, 3.8) is 0 Å². The Morgan fingerprint density at radius 2 is 2.20 bits per heavy atom. The molecule has 0 saturated carbocycles. The van der Waals surface area contributed by atoms with Crippen LogP contribution in [-0.4, -0.2) is 24.1 Å². The minimum Gasteiger partial charge on any atom is -0.373 e.